The number of hydrogen-bond donors (Lipinski definition) is 0. The minimum atomic E-state index is 0.378. The van der Waals surface area contributed by atoms with E-state index in [9.17, 15) is 0 Å². The van der Waals surface area contributed by atoms with Crippen molar-refractivity contribution in [2.45, 2.75) is 34.1 Å². The second-order valence-corrected chi connectivity index (χ2v) is 5.19. The van der Waals surface area contributed by atoms with E-state index in [1.54, 1.807) is 0 Å². The van der Waals surface area contributed by atoms with Gasteiger partial charge < -0.3 is 0 Å². The van der Waals surface area contributed by atoms with Gasteiger partial charge in [0.1, 0.15) is 0 Å². The van der Waals surface area contributed by atoms with Crippen molar-refractivity contribution in [3.63, 3.8) is 0 Å². The van der Waals surface area contributed by atoms with Crippen LogP contribution in [0.25, 0.3) is 5.57 Å². The molecule has 0 N–H and O–H groups in total. The van der Waals surface area contributed by atoms with Crippen molar-refractivity contribution < 1.29 is 0 Å². The molecule has 0 spiro atoms. The number of allylic oxidation sites excluding steroid dienone is 7. The summed E-state index contributed by atoms with van der Waals surface area (Å²) < 4.78 is 0. The summed E-state index contributed by atoms with van der Waals surface area (Å²) in [4.78, 5) is 0. The van der Waals surface area contributed by atoms with Crippen LogP contribution < -0.4 is 0 Å². The molecule has 0 nitrogen and oxygen atoms in total. The maximum absolute atomic E-state index is 3.67. The van der Waals surface area contributed by atoms with Crippen molar-refractivity contribution >= 4 is 5.57 Å². The van der Waals surface area contributed by atoms with Gasteiger partial charge in [0, 0.05) is 0 Å². The zero-order valence-corrected chi connectivity index (χ0v) is 13.7. The molecule has 0 amide bonds. The van der Waals surface area contributed by atoms with Gasteiger partial charge in [-0.25, -0.2) is 0 Å². The zero-order valence-electron chi connectivity index (χ0n) is 13.7. The summed E-state index contributed by atoms with van der Waals surface area (Å²) in [5, 5.41) is 0. The van der Waals surface area contributed by atoms with Crippen molar-refractivity contribution in [1.29, 1.82) is 0 Å². The third-order valence-corrected chi connectivity index (χ3v) is 3.64. The molecule has 0 fully saturated rings. The van der Waals surface area contributed by atoms with Crippen molar-refractivity contribution in [1.82, 2.24) is 0 Å². The molecule has 0 saturated carbocycles. The summed E-state index contributed by atoms with van der Waals surface area (Å²) in [6, 6.07) is 10.6. The van der Waals surface area contributed by atoms with Gasteiger partial charge in [-0.3, -0.25) is 0 Å². The lowest BCUT2D eigenvalue weighted by atomic mass is 9.94. The second-order valence-electron chi connectivity index (χ2n) is 5.19. The van der Waals surface area contributed by atoms with E-state index in [2.05, 4.69) is 87.7 Å². The fourth-order valence-corrected chi connectivity index (χ4v) is 2.18. The zero-order chi connectivity index (χ0) is 15.7. The summed E-state index contributed by atoms with van der Waals surface area (Å²) in [5.74, 6) is 0.378. The Kier molecular flexibility index (Phi) is 7.29. The molecule has 1 unspecified atom stereocenters. The molecular formula is C21H26. The fourth-order valence-electron chi connectivity index (χ4n) is 2.18. The van der Waals surface area contributed by atoms with Gasteiger partial charge >= 0.3 is 0 Å². The maximum Gasteiger partial charge on any atom is -0.00102 e. The Bertz CT molecular complexity index is 576. The Morgan fingerprint density at radius 1 is 1.29 bits per heavy atom. The van der Waals surface area contributed by atoms with E-state index >= 15 is 0 Å². The molecule has 1 atom stereocenters. The van der Waals surface area contributed by atoms with Gasteiger partial charge in [0.25, 0.3) is 0 Å². The molecule has 0 bridgehead atoms. The lowest BCUT2D eigenvalue weighted by Crippen LogP contribution is -1.95. The van der Waals surface area contributed by atoms with Crippen LogP contribution in [-0.4, -0.2) is 0 Å². The topological polar surface area (TPSA) is 0 Å². The third kappa shape index (κ3) is 5.45. The van der Waals surface area contributed by atoms with Crippen LogP contribution in [0, 0.1) is 5.92 Å². The first-order valence-electron chi connectivity index (χ1n) is 7.59. The molecule has 0 saturated heterocycles. The molecule has 0 aromatic heterocycles. The molecule has 0 aliphatic carbocycles. The van der Waals surface area contributed by atoms with E-state index in [1.165, 1.54) is 16.7 Å². The molecular weight excluding hydrogens is 252 g/mol. The van der Waals surface area contributed by atoms with Crippen LogP contribution in [0.3, 0.4) is 0 Å². The Morgan fingerprint density at radius 3 is 2.48 bits per heavy atom. The van der Waals surface area contributed by atoms with Crippen LogP contribution in [0.4, 0.5) is 0 Å². The monoisotopic (exact) mass is 278 g/mol. The standard InChI is InChI=1S/C21H26/c1-6-17(4)14-15-18(5)19(7-2)16-20(8-3)21-12-10-9-11-13-21/h7,9-16,18H,1,8H2,2-5H3. The Hall–Kier alpha value is -2.04. The molecule has 0 aliphatic rings. The molecule has 0 heteroatoms. The fraction of sp³-hybridized carbons (Fsp3) is 0.286. The molecule has 0 radical (unpaired) electrons. The van der Waals surface area contributed by atoms with Crippen LogP contribution in [0.5, 0.6) is 0 Å². The van der Waals surface area contributed by atoms with E-state index in [-0.39, 0.29) is 0 Å². The number of benzene rings is 1. The van der Waals surface area contributed by atoms with Crippen LogP contribution in [0.2, 0.25) is 0 Å². The lowest BCUT2D eigenvalue weighted by molar-refractivity contribution is 0.886. The first-order valence-corrected chi connectivity index (χ1v) is 7.59. The summed E-state index contributed by atoms with van der Waals surface area (Å²) in [5.41, 5.74) is 7.98. The van der Waals surface area contributed by atoms with Crippen LogP contribution >= 0.6 is 0 Å². The summed E-state index contributed by atoms with van der Waals surface area (Å²) >= 11 is 0. The van der Waals surface area contributed by atoms with E-state index in [1.807, 2.05) is 6.92 Å². The van der Waals surface area contributed by atoms with E-state index in [0.29, 0.717) is 5.92 Å². The van der Waals surface area contributed by atoms with Crippen molar-refractivity contribution in [3.8, 4) is 0 Å². The highest BCUT2D eigenvalue weighted by Crippen LogP contribution is 2.23. The van der Waals surface area contributed by atoms with E-state index < -0.39 is 0 Å². The highest BCUT2D eigenvalue weighted by atomic mass is 14.1. The van der Waals surface area contributed by atoms with Gasteiger partial charge in [0.2, 0.25) is 0 Å². The van der Waals surface area contributed by atoms with Gasteiger partial charge in [-0.1, -0.05) is 75.1 Å². The van der Waals surface area contributed by atoms with E-state index in [4.69, 9.17) is 0 Å². The Labute approximate surface area is 129 Å². The van der Waals surface area contributed by atoms with Crippen molar-refractivity contribution in [3.05, 3.63) is 83.7 Å². The highest BCUT2D eigenvalue weighted by molar-refractivity contribution is 5.68. The van der Waals surface area contributed by atoms with Crippen LogP contribution in [0.1, 0.15) is 39.7 Å². The highest BCUT2D eigenvalue weighted by Gasteiger charge is 2.05. The quantitative estimate of drug-likeness (QED) is 0.420. The molecule has 0 heterocycles. The molecule has 1 aromatic carbocycles. The predicted molar refractivity (Wildman–Crippen MR) is 95.1 cm³/mol. The smallest absolute Gasteiger partial charge is 0.00102 e. The first kappa shape index (κ1) is 17.0. The Balaban J connectivity index is 3.02. The summed E-state index contributed by atoms with van der Waals surface area (Å²) in [7, 11) is 0. The van der Waals surface area contributed by atoms with Gasteiger partial charge in [-0.2, -0.15) is 0 Å². The number of rotatable bonds is 6. The second kappa shape index (κ2) is 9.00. The van der Waals surface area contributed by atoms with Gasteiger partial charge in [-0.05, 0) is 48.5 Å². The minimum Gasteiger partial charge on any atom is -0.126 e. The van der Waals surface area contributed by atoms with Crippen molar-refractivity contribution in [2.24, 2.45) is 5.92 Å². The van der Waals surface area contributed by atoms with Crippen molar-refractivity contribution in [2.75, 3.05) is 0 Å². The average Bonchev–Trinajstić information content (AvgIpc) is 2.54. The lowest BCUT2D eigenvalue weighted by Gasteiger charge is -2.11. The van der Waals surface area contributed by atoms with Gasteiger partial charge in [0.05, 0.1) is 0 Å². The van der Waals surface area contributed by atoms with E-state index in [0.717, 1.165) is 12.0 Å². The van der Waals surface area contributed by atoms with Gasteiger partial charge in [-0.15, -0.1) is 5.73 Å². The van der Waals surface area contributed by atoms with Crippen LogP contribution in [-0.2, 0) is 0 Å². The molecule has 1 rings (SSSR count). The van der Waals surface area contributed by atoms with Gasteiger partial charge in [0.15, 0.2) is 0 Å². The molecule has 110 valence electrons. The summed E-state index contributed by atoms with van der Waals surface area (Å²) in [6.45, 7) is 12.2. The molecule has 1 aromatic rings. The largest absolute Gasteiger partial charge is 0.126 e. The average molecular weight is 278 g/mol. The first-order chi connectivity index (χ1) is 10.1. The third-order valence-electron chi connectivity index (χ3n) is 3.64. The molecule has 0 aliphatic heterocycles. The summed E-state index contributed by atoms with van der Waals surface area (Å²) in [6.07, 6.45) is 9.84. The predicted octanol–water partition coefficient (Wildman–Crippen LogP) is 6.35. The maximum atomic E-state index is 3.67. The Morgan fingerprint density at radius 2 is 1.95 bits per heavy atom. The number of hydrogen-bond acceptors (Lipinski definition) is 0. The molecule has 21 heavy (non-hydrogen) atoms. The van der Waals surface area contributed by atoms with Crippen LogP contribution in [0.15, 0.2) is 78.1 Å². The SMILES string of the molecule is C=C=C(C)C=CC(C)C(C=C(CC)c1ccccc1)=CC. The minimum absolute atomic E-state index is 0.378. The normalized spacial score (nSPS) is 14.1.